The molecule has 0 aliphatic carbocycles. The van der Waals surface area contributed by atoms with Gasteiger partial charge in [0.05, 0.1) is 5.57 Å². The first-order valence-corrected chi connectivity index (χ1v) is 4.57. The lowest BCUT2D eigenvalue weighted by Gasteiger charge is -2.04. The van der Waals surface area contributed by atoms with E-state index in [4.69, 9.17) is 4.74 Å². The maximum absolute atomic E-state index is 10.8. The molecule has 0 aliphatic heterocycles. The second-order valence-electron chi connectivity index (χ2n) is 3.01. The molecule has 0 spiro atoms. The van der Waals surface area contributed by atoms with Crippen LogP contribution >= 0.6 is 0 Å². The van der Waals surface area contributed by atoms with Crippen LogP contribution in [-0.4, -0.2) is 18.5 Å². The summed E-state index contributed by atoms with van der Waals surface area (Å²) in [7, 11) is 0. The summed E-state index contributed by atoms with van der Waals surface area (Å²) >= 11 is 0. The second-order valence-corrected chi connectivity index (χ2v) is 3.01. The molecule has 0 atom stereocenters. The van der Waals surface area contributed by atoms with Crippen molar-refractivity contribution in [1.82, 2.24) is 0 Å². The Morgan fingerprint density at radius 2 is 1.81 bits per heavy atom. The van der Waals surface area contributed by atoms with Crippen molar-refractivity contribution in [2.75, 3.05) is 0 Å². The van der Waals surface area contributed by atoms with Crippen LogP contribution in [0.3, 0.4) is 0 Å². The first-order valence-electron chi connectivity index (χ1n) is 4.57. The largest absolute Gasteiger partial charge is 0.426 e. The predicted octanol–water partition coefficient (Wildman–Crippen LogP) is 1.39. The molecule has 16 heavy (non-hydrogen) atoms. The summed E-state index contributed by atoms with van der Waals surface area (Å²) in [6.45, 7) is 1.28. The number of esters is 1. The van der Waals surface area contributed by atoms with Gasteiger partial charge in [0, 0.05) is 12.5 Å². The number of hydrogen-bond acceptors (Lipinski definition) is 4. The van der Waals surface area contributed by atoms with Crippen LogP contribution in [0.4, 0.5) is 0 Å². The second kappa shape index (κ2) is 5.60. The van der Waals surface area contributed by atoms with Crippen LogP contribution in [0.5, 0.6) is 5.75 Å². The van der Waals surface area contributed by atoms with Gasteiger partial charge in [-0.15, -0.1) is 0 Å². The van der Waals surface area contributed by atoms with Gasteiger partial charge in [-0.1, -0.05) is 18.2 Å². The van der Waals surface area contributed by atoms with E-state index >= 15 is 0 Å². The van der Waals surface area contributed by atoms with Gasteiger partial charge in [-0.3, -0.25) is 14.4 Å². The zero-order valence-corrected chi connectivity index (χ0v) is 8.67. The van der Waals surface area contributed by atoms with Crippen molar-refractivity contribution in [3.8, 4) is 5.75 Å². The van der Waals surface area contributed by atoms with Gasteiger partial charge in [-0.2, -0.15) is 0 Å². The molecule has 1 rings (SSSR count). The fourth-order valence-corrected chi connectivity index (χ4v) is 1.12. The molecule has 0 bridgehead atoms. The molecule has 0 saturated carbocycles. The van der Waals surface area contributed by atoms with E-state index in [-0.39, 0.29) is 5.57 Å². The van der Waals surface area contributed by atoms with Gasteiger partial charge in [0.25, 0.3) is 0 Å². The molecule has 0 aromatic heterocycles. The Hall–Kier alpha value is -2.23. The van der Waals surface area contributed by atoms with Crippen molar-refractivity contribution < 1.29 is 19.1 Å². The zero-order chi connectivity index (χ0) is 12.0. The van der Waals surface area contributed by atoms with Crippen molar-refractivity contribution in [2.24, 2.45) is 0 Å². The van der Waals surface area contributed by atoms with Crippen LogP contribution in [0, 0.1) is 0 Å². The van der Waals surface area contributed by atoms with E-state index in [9.17, 15) is 14.4 Å². The average Bonchev–Trinajstić information content (AvgIpc) is 2.27. The SMILES string of the molecule is CC(=O)Oc1ccccc1C=C(C=O)C=O. The van der Waals surface area contributed by atoms with E-state index in [0.29, 0.717) is 23.9 Å². The summed E-state index contributed by atoms with van der Waals surface area (Å²) in [5, 5.41) is 0. The molecule has 0 radical (unpaired) electrons. The van der Waals surface area contributed by atoms with Gasteiger partial charge >= 0.3 is 5.97 Å². The summed E-state index contributed by atoms with van der Waals surface area (Å²) in [5.74, 6) is -0.143. The summed E-state index contributed by atoms with van der Waals surface area (Å²) in [4.78, 5) is 31.7. The van der Waals surface area contributed by atoms with Crippen LogP contribution in [-0.2, 0) is 14.4 Å². The van der Waals surface area contributed by atoms with Gasteiger partial charge in [-0.05, 0) is 12.1 Å². The lowest BCUT2D eigenvalue weighted by Crippen LogP contribution is -2.02. The number of benzene rings is 1. The monoisotopic (exact) mass is 218 g/mol. The summed E-state index contributed by atoms with van der Waals surface area (Å²) < 4.78 is 4.92. The molecule has 0 amide bonds. The molecule has 0 aliphatic rings. The fraction of sp³-hybridized carbons (Fsp3) is 0.0833. The standard InChI is InChI=1S/C12H10O4/c1-9(15)16-12-5-3-2-4-11(12)6-10(7-13)8-14/h2-8H,1H3. The lowest BCUT2D eigenvalue weighted by molar-refractivity contribution is -0.131. The van der Waals surface area contributed by atoms with E-state index in [1.54, 1.807) is 24.3 Å². The number of ether oxygens (including phenoxy) is 1. The number of carbonyl (C=O) groups excluding carboxylic acids is 3. The highest BCUT2D eigenvalue weighted by Crippen LogP contribution is 2.20. The molecule has 4 nitrogen and oxygen atoms in total. The third kappa shape index (κ3) is 3.16. The molecule has 0 unspecified atom stereocenters. The van der Waals surface area contributed by atoms with E-state index in [2.05, 4.69) is 0 Å². The number of carbonyl (C=O) groups is 3. The van der Waals surface area contributed by atoms with Crippen LogP contribution < -0.4 is 4.74 Å². The smallest absolute Gasteiger partial charge is 0.308 e. The molecular weight excluding hydrogens is 208 g/mol. The van der Waals surface area contributed by atoms with E-state index in [1.807, 2.05) is 0 Å². The highest BCUT2D eigenvalue weighted by atomic mass is 16.5. The molecule has 82 valence electrons. The topological polar surface area (TPSA) is 60.4 Å². The average molecular weight is 218 g/mol. The number of hydrogen-bond donors (Lipinski definition) is 0. The molecule has 0 fully saturated rings. The molecule has 0 N–H and O–H groups in total. The zero-order valence-electron chi connectivity index (χ0n) is 8.67. The van der Waals surface area contributed by atoms with Crippen molar-refractivity contribution in [2.45, 2.75) is 6.92 Å². The van der Waals surface area contributed by atoms with Gasteiger partial charge in [0.1, 0.15) is 5.75 Å². The summed E-state index contributed by atoms with van der Waals surface area (Å²) in [6, 6.07) is 6.63. The van der Waals surface area contributed by atoms with Crippen molar-refractivity contribution in [3.05, 3.63) is 35.4 Å². The normalized spacial score (nSPS) is 9.06. The Labute approximate surface area is 92.5 Å². The minimum absolute atomic E-state index is 0.0143. The summed E-state index contributed by atoms with van der Waals surface area (Å²) in [6.07, 6.45) is 2.24. The molecule has 4 heteroatoms. The first-order chi connectivity index (χ1) is 7.67. The van der Waals surface area contributed by atoms with E-state index in [0.717, 1.165) is 0 Å². The fourth-order valence-electron chi connectivity index (χ4n) is 1.12. The maximum Gasteiger partial charge on any atom is 0.308 e. The predicted molar refractivity (Wildman–Crippen MR) is 57.9 cm³/mol. The Morgan fingerprint density at radius 1 is 1.19 bits per heavy atom. The number of allylic oxidation sites excluding steroid dienone is 1. The molecule has 1 aromatic rings. The van der Waals surface area contributed by atoms with Crippen LogP contribution in [0.25, 0.3) is 6.08 Å². The van der Waals surface area contributed by atoms with Gasteiger partial charge < -0.3 is 4.74 Å². The highest BCUT2D eigenvalue weighted by molar-refractivity contribution is 6.04. The van der Waals surface area contributed by atoms with Gasteiger partial charge in [-0.25, -0.2) is 0 Å². The van der Waals surface area contributed by atoms with E-state index < -0.39 is 5.97 Å². The first kappa shape index (κ1) is 11.8. The Bertz CT molecular complexity index is 436. The Balaban J connectivity index is 3.12. The molecular formula is C12H10O4. The minimum atomic E-state index is -0.459. The number of aldehydes is 2. The quantitative estimate of drug-likeness (QED) is 0.191. The van der Waals surface area contributed by atoms with Crippen molar-refractivity contribution >= 4 is 24.6 Å². The maximum atomic E-state index is 10.8. The van der Waals surface area contributed by atoms with Crippen LogP contribution in [0.15, 0.2) is 29.8 Å². The third-order valence-corrected chi connectivity index (χ3v) is 1.77. The van der Waals surface area contributed by atoms with Gasteiger partial charge in [0.2, 0.25) is 0 Å². The highest BCUT2D eigenvalue weighted by Gasteiger charge is 2.04. The minimum Gasteiger partial charge on any atom is -0.426 e. The molecule has 0 heterocycles. The Kier molecular flexibility index (Phi) is 4.15. The van der Waals surface area contributed by atoms with Crippen LogP contribution in [0.1, 0.15) is 12.5 Å². The van der Waals surface area contributed by atoms with Crippen molar-refractivity contribution in [1.29, 1.82) is 0 Å². The lowest BCUT2D eigenvalue weighted by atomic mass is 10.1. The van der Waals surface area contributed by atoms with E-state index in [1.165, 1.54) is 13.0 Å². The third-order valence-electron chi connectivity index (χ3n) is 1.77. The van der Waals surface area contributed by atoms with Crippen molar-refractivity contribution in [3.63, 3.8) is 0 Å². The summed E-state index contributed by atoms with van der Waals surface area (Å²) in [5.41, 5.74) is 0.492. The molecule has 1 aromatic carbocycles. The van der Waals surface area contributed by atoms with Crippen LogP contribution in [0.2, 0.25) is 0 Å². The van der Waals surface area contributed by atoms with Gasteiger partial charge in [0.15, 0.2) is 12.6 Å². The Morgan fingerprint density at radius 3 is 2.38 bits per heavy atom. The number of para-hydroxylation sites is 1. The number of rotatable bonds is 4. The molecule has 0 saturated heterocycles.